The predicted octanol–water partition coefficient (Wildman–Crippen LogP) is 0.649. The fraction of sp³-hybridized carbons (Fsp3) is 0.429. The molecule has 11 heteroatoms. The number of non-ortho nitro benzene ring substituents is 1. The van der Waals surface area contributed by atoms with Crippen molar-refractivity contribution in [3.63, 3.8) is 0 Å². The molecular weight excluding hydrogens is 350 g/mol. The molecule has 1 heterocycles. The molecule has 0 aliphatic rings. The lowest BCUT2D eigenvalue weighted by Gasteiger charge is -2.05. The smallest absolute Gasteiger partial charge is 0.270 e. The summed E-state index contributed by atoms with van der Waals surface area (Å²) in [5.41, 5.74) is -0.289. The molecule has 10 nitrogen and oxygen atoms in total. The van der Waals surface area contributed by atoms with E-state index < -0.39 is 14.9 Å². The van der Waals surface area contributed by atoms with Crippen molar-refractivity contribution in [1.82, 2.24) is 20.2 Å². The van der Waals surface area contributed by atoms with Crippen molar-refractivity contribution >= 4 is 15.7 Å². The molecule has 0 saturated carbocycles. The maximum absolute atomic E-state index is 12.2. The van der Waals surface area contributed by atoms with Crippen LogP contribution >= 0.6 is 0 Å². The molecule has 1 unspecified atom stereocenters. The third-order valence-corrected chi connectivity index (χ3v) is 4.92. The summed E-state index contributed by atoms with van der Waals surface area (Å²) in [6.07, 6.45) is 0.814. The minimum Gasteiger partial charge on any atom is -0.339 e. The van der Waals surface area contributed by atoms with Crippen LogP contribution in [0.5, 0.6) is 0 Å². The summed E-state index contributed by atoms with van der Waals surface area (Å²) < 4.78 is 31.8. The number of likely N-dealkylation sites (N-methyl/N-ethyl adjacent to an activating group) is 1. The normalized spacial score (nSPS) is 12.9. The zero-order valence-electron chi connectivity index (χ0n) is 13.8. The van der Waals surface area contributed by atoms with Crippen molar-refractivity contribution in [2.45, 2.75) is 30.7 Å². The van der Waals surface area contributed by atoms with Crippen LogP contribution in [0, 0.1) is 10.1 Å². The standard InChI is InChI=1S/C14H19N5O5S/c1-10(15-2)8-13-17-14(24-18-13)6-7-16-25(22,23)12-5-3-4-11(9-12)19(20)21/h3-5,9-10,15-16H,6-8H2,1-2H3. The Morgan fingerprint density at radius 3 is 2.84 bits per heavy atom. The molecule has 0 aliphatic heterocycles. The Balaban J connectivity index is 1.94. The molecule has 0 saturated heterocycles. The van der Waals surface area contributed by atoms with E-state index in [1.54, 1.807) is 0 Å². The van der Waals surface area contributed by atoms with Crippen LogP contribution in [0.25, 0.3) is 0 Å². The van der Waals surface area contributed by atoms with E-state index in [1.165, 1.54) is 18.2 Å². The number of sulfonamides is 1. The van der Waals surface area contributed by atoms with Gasteiger partial charge in [0.2, 0.25) is 15.9 Å². The molecular formula is C14H19N5O5S. The molecule has 1 aromatic carbocycles. The number of rotatable bonds is 9. The van der Waals surface area contributed by atoms with E-state index in [9.17, 15) is 18.5 Å². The molecule has 1 aromatic heterocycles. The zero-order valence-corrected chi connectivity index (χ0v) is 14.6. The van der Waals surface area contributed by atoms with E-state index in [0.717, 1.165) is 6.07 Å². The third-order valence-electron chi connectivity index (χ3n) is 3.46. The average Bonchev–Trinajstić information content (AvgIpc) is 3.02. The van der Waals surface area contributed by atoms with Gasteiger partial charge in [-0.3, -0.25) is 10.1 Å². The molecule has 0 fully saturated rings. The second kappa shape index (κ2) is 8.14. The third kappa shape index (κ3) is 5.31. The summed E-state index contributed by atoms with van der Waals surface area (Å²) in [5.74, 6) is 0.860. The highest BCUT2D eigenvalue weighted by atomic mass is 32.2. The number of nitrogens with zero attached hydrogens (tertiary/aromatic N) is 3. The lowest BCUT2D eigenvalue weighted by molar-refractivity contribution is -0.385. The summed E-state index contributed by atoms with van der Waals surface area (Å²) in [6.45, 7) is 2.01. The fourth-order valence-electron chi connectivity index (χ4n) is 1.99. The quantitative estimate of drug-likeness (QED) is 0.485. The fourth-order valence-corrected chi connectivity index (χ4v) is 3.06. The molecule has 0 radical (unpaired) electrons. The largest absolute Gasteiger partial charge is 0.339 e. The van der Waals surface area contributed by atoms with Gasteiger partial charge < -0.3 is 9.84 Å². The van der Waals surface area contributed by atoms with Crippen molar-refractivity contribution in [2.24, 2.45) is 0 Å². The Hall–Kier alpha value is -2.37. The van der Waals surface area contributed by atoms with Gasteiger partial charge in [0.25, 0.3) is 5.69 Å². The first-order valence-electron chi connectivity index (χ1n) is 7.54. The Kier molecular flexibility index (Phi) is 6.17. The summed E-state index contributed by atoms with van der Waals surface area (Å²) in [6, 6.07) is 5.04. The number of nitro benzene ring substituents is 1. The number of aromatic nitrogens is 2. The van der Waals surface area contributed by atoms with Crippen LogP contribution in [0.1, 0.15) is 18.6 Å². The first-order valence-corrected chi connectivity index (χ1v) is 9.03. The molecule has 0 aliphatic carbocycles. The van der Waals surface area contributed by atoms with Crippen LogP contribution in [0.3, 0.4) is 0 Å². The maximum Gasteiger partial charge on any atom is 0.270 e. The monoisotopic (exact) mass is 369 g/mol. The van der Waals surface area contributed by atoms with Gasteiger partial charge in [-0.1, -0.05) is 11.2 Å². The molecule has 2 N–H and O–H groups in total. The van der Waals surface area contributed by atoms with E-state index in [2.05, 4.69) is 20.2 Å². The van der Waals surface area contributed by atoms with E-state index in [-0.39, 0.29) is 29.6 Å². The minimum absolute atomic E-state index is 0.0360. The highest BCUT2D eigenvalue weighted by Gasteiger charge is 2.18. The van der Waals surface area contributed by atoms with Crippen LogP contribution < -0.4 is 10.0 Å². The lowest BCUT2D eigenvalue weighted by atomic mass is 10.2. The van der Waals surface area contributed by atoms with Crippen molar-refractivity contribution in [3.05, 3.63) is 46.1 Å². The SMILES string of the molecule is CNC(C)Cc1noc(CCNS(=O)(=O)c2cccc([N+](=O)[O-])c2)n1. The number of hydrogen-bond donors (Lipinski definition) is 2. The Morgan fingerprint density at radius 2 is 2.16 bits per heavy atom. The van der Waals surface area contributed by atoms with Gasteiger partial charge in [-0.15, -0.1) is 0 Å². The molecule has 2 aromatic rings. The first kappa shape index (κ1) is 19.0. The highest BCUT2D eigenvalue weighted by Crippen LogP contribution is 2.17. The van der Waals surface area contributed by atoms with E-state index in [1.807, 2.05) is 14.0 Å². The van der Waals surface area contributed by atoms with Crippen LogP contribution in [-0.4, -0.2) is 43.1 Å². The van der Waals surface area contributed by atoms with Crippen LogP contribution in [0.4, 0.5) is 5.69 Å². The second-order valence-electron chi connectivity index (χ2n) is 5.40. The van der Waals surface area contributed by atoms with Gasteiger partial charge in [0.15, 0.2) is 5.82 Å². The Morgan fingerprint density at radius 1 is 1.40 bits per heavy atom. The Bertz CT molecular complexity index is 836. The maximum atomic E-state index is 12.2. The predicted molar refractivity (Wildman–Crippen MR) is 88.5 cm³/mol. The molecule has 2 rings (SSSR count). The Labute approximate surface area is 144 Å². The minimum atomic E-state index is -3.86. The van der Waals surface area contributed by atoms with Gasteiger partial charge in [-0.25, -0.2) is 13.1 Å². The number of hydrogen-bond acceptors (Lipinski definition) is 8. The van der Waals surface area contributed by atoms with Crippen LogP contribution in [0.2, 0.25) is 0 Å². The van der Waals surface area contributed by atoms with Gasteiger partial charge in [-0.2, -0.15) is 4.98 Å². The zero-order chi connectivity index (χ0) is 18.4. The van der Waals surface area contributed by atoms with Gasteiger partial charge in [0.1, 0.15) is 0 Å². The van der Waals surface area contributed by atoms with Crippen molar-refractivity contribution in [2.75, 3.05) is 13.6 Å². The average molecular weight is 369 g/mol. The van der Waals surface area contributed by atoms with E-state index >= 15 is 0 Å². The van der Waals surface area contributed by atoms with E-state index in [0.29, 0.717) is 18.1 Å². The summed E-state index contributed by atoms with van der Waals surface area (Å²) in [4.78, 5) is 14.1. The molecule has 25 heavy (non-hydrogen) atoms. The van der Waals surface area contributed by atoms with Crippen molar-refractivity contribution in [3.8, 4) is 0 Å². The topological polar surface area (TPSA) is 140 Å². The van der Waals surface area contributed by atoms with Gasteiger partial charge in [-0.05, 0) is 20.0 Å². The lowest BCUT2D eigenvalue weighted by Crippen LogP contribution is -2.26. The first-order chi connectivity index (χ1) is 11.8. The summed E-state index contributed by atoms with van der Waals surface area (Å²) in [7, 11) is -2.03. The summed E-state index contributed by atoms with van der Waals surface area (Å²) >= 11 is 0. The number of nitro groups is 1. The molecule has 0 spiro atoms. The van der Waals surface area contributed by atoms with E-state index in [4.69, 9.17) is 4.52 Å². The highest BCUT2D eigenvalue weighted by molar-refractivity contribution is 7.89. The van der Waals surface area contributed by atoms with Gasteiger partial charge in [0.05, 0.1) is 9.82 Å². The molecule has 0 bridgehead atoms. The van der Waals surface area contributed by atoms with Gasteiger partial charge >= 0.3 is 0 Å². The van der Waals surface area contributed by atoms with Gasteiger partial charge in [0, 0.05) is 37.6 Å². The second-order valence-corrected chi connectivity index (χ2v) is 7.17. The van der Waals surface area contributed by atoms with Crippen LogP contribution in [0.15, 0.2) is 33.7 Å². The molecule has 136 valence electrons. The van der Waals surface area contributed by atoms with Crippen molar-refractivity contribution in [1.29, 1.82) is 0 Å². The summed E-state index contributed by atoms with van der Waals surface area (Å²) in [5, 5.41) is 17.6. The number of benzene rings is 1. The number of nitrogens with one attached hydrogen (secondary N) is 2. The van der Waals surface area contributed by atoms with Crippen molar-refractivity contribution < 1.29 is 17.9 Å². The van der Waals surface area contributed by atoms with Crippen LogP contribution in [-0.2, 0) is 22.9 Å². The molecule has 1 atom stereocenters. The molecule has 0 amide bonds.